The third-order valence-electron chi connectivity index (χ3n) is 1.85. The molecule has 12 heavy (non-hydrogen) atoms. The van der Waals surface area contributed by atoms with Crippen molar-refractivity contribution in [3.63, 3.8) is 0 Å². The van der Waals surface area contributed by atoms with Crippen molar-refractivity contribution in [3.05, 3.63) is 34.1 Å². The van der Waals surface area contributed by atoms with Gasteiger partial charge in [0.1, 0.15) is 5.82 Å². The summed E-state index contributed by atoms with van der Waals surface area (Å²) >= 11 is 5.60. The summed E-state index contributed by atoms with van der Waals surface area (Å²) in [6, 6.07) is 2.83. The molecule has 1 aromatic carbocycles. The van der Waals surface area contributed by atoms with Crippen LogP contribution in [0.1, 0.15) is 15.9 Å². The minimum atomic E-state index is -0.549. The molecule has 0 radical (unpaired) electrons. The van der Waals surface area contributed by atoms with Crippen molar-refractivity contribution in [3.8, 4) is 0 Å². The van der Waals surface area contributed by atoms with Gasteiger partial charge in [-0.05, 0) is 11.6 Å². The van der Waals surface area contributed by atoms with E-state index in [-0.39, 0.29) is 16.5 Å². The van der Waals surface area contributed by atoms with Crippen LogP contribution in [-0.4, -0.2) is 5.91 Å². The largest absolute Gasteiger partial charge is 0.348 e. The van der Waals surface area contributed by atoms with E-state index in [4.69, 9.17) is 11.6 Å². The lowest BCUT2D eigenvalue weighted by molar-refractivity contribution is 0.0965. The zero-order valence-corrected chi connectivity index (χ0v) is 6.78. The Morgan fingerprint density at radius 2 is 2.25 bits per heavy atom. The monoisotopic (exact) mass is 185 g/mol. The van der Waals surface area contributed by atoms with Crippen molar-refractivity contribution in [1.82, 2.24) is 5.32 Å². The van der Waals surface area contributed by atoms with Gasteiger partial charge in [-0.3, -0.25) is 4.79 Å². The second kappa shape index (κ2) is 2.45. The van der Waals surface area contributed by atoms with Gasteiger partial charge in [-0.15, -0.1) is 0 Å². The maximum absolute atomic E-state index is 12.8. The first-order valence-corrected chi connectivity index (χ1v) is 3.83. The van der Waals surface area contributed by atoms with E-state index in [0.29, 0.717) is 6.54 Å². The fourth-order valence-corrected chi connectivity index (χ4v) is 1.52. The van der Waals surface area contributed by atoms with Crippen molar-refractivity contribution in [2.24, 2.45) is 0 Å². The SMILES string of the molecule is O=C1NCc2ccc(F)c(Cl)c21. The van der Waals surface area contributed by atoms with Crippen LogP contribution in [0.25, 0.3) is 0 Å². The topological polar surface area (TPSA) is 29.1 Å². The third-order valence-corrected chi connectivity index (χ3v) is 2.22. The first-order chi connectivity index (χ1) is 5.70. The van der Waals surface area contributed by atoms with Crippen molar-refractivity contribution < 1.29 is 9.18 Å². The van der Waals surface area contributed by atoms with Gasteiger partial charge < -0.3 is 5.32 Å². The molecule has 0 unspecified atom stereocenters. The first kappa shape index (κ1) is 7.55. The molecule has 1 aromatic rings. The number of amides is 1. The van der Waals surface area contributed by atoms with Gasteiger partial charge in [-0.25, -0.2) is 4.39 Å². The molecule has 62 valence electrons. The summed E-state index contributed by atoms with van der Waals surface area (Å²) in [5.41, 5.74) is 1.03. The molecule has 0 aliphatic carbocycles. The molecule has 1 N–H and O–H groups in total. The van der Waals surface area contributed by atoms with Crippen LogP contribution in [0.15, 0.2) is 12.1 Å². The fraction of sp³-hybridized carbons (Fsp3) is 0.125. The molecular weight excluding hydrogens is 181 g/mol. The number of benzene rings is 1. The Kier molecular flexibility index (Phi) is 1.54. The average molecular weight is 186 g/mol. The molecule has 1 aliphatic heterocycles. The molecule has 2 rings (SSSR count). The number of carbonyl (C=O) groups excluding carboxylic acids is 1. The fourth-order valence-electron chi connectivity index (χ4n) is 1.25. The summed E-state index contributed by atoms with van der Waals surface area (Å²) in [5.74, 6) is -0.845. The van der Waals surface area contributed by atoms with Crippen LogP contribution in [0.2, 0.25) is 5.02 Å². The predicted molar refractivity (Wildman–Crippen MR) is 42.6 cm³/mol. The summed E-state index contributed by atoms with van der Waals surface area (Å²) in [7, 11) is 0. The van der Waals surface area contributed by atoms with Crippen molar-refractivity contribution in [1.29, 1.82) is 0 Å². The molecule has 2 nitrogen and oxygen atoms in total. The van der Waals surface area contributed by atoms with E-state index >= 15 is 0 Å². The maximum Gasteiger partial charge on any atom is 0.253 e. The smallest absolute Gasteiger partial charge is 0.253 e. The van der Waals surface area contributed by atoms with Gasteiger partial charge in [0.15, 0.2) is 0 Å². The van der Waals surface area contributed by atoms with Crippen LogP contribution in [0.3, 0.4) is 0 Å². The third kappa shape index (κ3) is 0.898. The average Bonchev–Trinajstić information content (AvgIpc) is 2.41. The van der Waals surface area contributed by atoms with Gasteiger partial charge in [-0.2, -0.15) is 0 Å². The van der Waals surface area contributed by atoms with Crippen molar-refractivity contribution in [2.75, 3.05) is 0 Å². The summed E-state index contributed by atoms with van der Waals surface area (Å²) < 4.78 is 12.8. The minimum absolute atomic E-state index is 0.0810. The van der Waals surface area contributed by atoms with Crippen molar-refractivity contribution >= 4 is 17.5 Å². The number of nitrogens with one attached hydrogen (secondary N) is 1. The number of halogens is 2. The highest BCUT2D eigenvalue weighted by Gasteiger charge is 2.23. The first-order valence-electron chi connectivity index (χ1n) is 3.45. The molecule has 0 fully saturated rings. The molecule has 1 aliphatic rings. The molecule has 0 saturated carbocycles. The maximum atomic E-state index is 12.8. The second-order valence-electron chi connectivity index (χ2n) is 2.58. The lowest BCUT2D eigenvalue weighted by Crippen LogP contribution is -2.12. The minimum Gasteiger partial charge on any atom is -0.348 e. The molecule has 0 bridgehead atoms. The Morgan fingerprint density at radius 3 is 3.00 bits per heavy atom. The van der Waals surface area contributed by atoms with Crippen LogP contribution < -0.4 is 5.32 Å². The van der Waals surface area contributed by atoms with Gasteiger partial charge in [0.25, 0.3) is 5.91 Å². The van der Waals surface area contributed by atoms with Crippen LogP contribution in [0.5, 0.6) is 0 Å². The number of carbonyl (C=O) groups is 1. The Hall–Kier alpha value is -1.09. The van der Waals surface area contributed by atoms with E-state index in [0.717, 1.165) is 5.56 Å². The van der Waals surface area contributed by atoms with Crippen LogP contribution in [0.4, 0.5) is 4.39 Å². The van der Waals surface area contributed by atoms with E-state index in [1.54, 1.807) is 6.07 Å². The van der Waals surface area contributed by atoms with Gasteiger partial charge >= 0.3 is 0 Å². The number of hydrogen-bond donors (Lipinski definition) is 1. The molecule has 0 aromatic heterocycles. The Balaban J connectivity index is 2.71. The lowest BCUT2D eigenvalue weighted by atomic mass is 10.1. The van der Waals surface area contributed by atoms with E-state index < -0.39 is 5.82 Å². The standard InChI is InChI=1S/C8H5ClFNO/c9-7-5(10)2-1-4-3-11-8(12)6(4)7/h1-2H,3H2,(H,11,12). The predicted octanol–water partition coefficient (Wildman–Crippen LogP) is 1.72. The van der Waals surface area contributed by atoms with Gasteiger partial charge in [-0.1, -0.05) is 17.7 Å². The summed E-state index contributed by atoms with van der Waals surface area (Å²) in [6.07, 6.45) is 0. The molecule has 0 spiro atoms. The zero-order valence-electron chi connectivity index (χ0n) is 6.03. The summed E-state index contributed by atoms with van der Waals surface area (Å²) in [6.45, 7) is 0.439. The van der Waals surface area contributed by atoms with Gasteiger partial charge in [0.2, 0.25) is 0 Å². The van der Waals surface area contributed by atoms with Gasteiger partial charge in [0, 0.05) is 6.54 Å². The Bertz CT molecular complexity index is 364. The second-order valence-corrected chi connectivity index (χ2v) is 2.96. The van der Waals surface area contributed by atoms with Crippen LogP contribution >= 0.6 is 11.6 Å². The zero-order chi connectivity index (χ0) is 8.72. The lowest BCUT2D eigenvalue weighted by Gasteiger charge is -1.98. The van der Waals surface area contributed by atoms with Crippen LogP contribution in [0, 0.1) is 5.82 Å². The highest BCUT2D eigenvalue weighted by molar-refractivity contribution is 6.34. The van der Waals surface area contributed by atoms with E-state index in [9.17, 15) is 9.18 Å². The molecule has 1 heterocycles. The molecule has 4 heteroatoms. The number of fused-ring (bicyclic) bond motifs is 1. The highest BCUT2D eigenvalue weighted by Crippen LogP contribution is 2.26. The number of hydrogen-bond acceptors (Lipinski definition) is 1. The number of rotatable bonds is 0. The van der Waals surface area contributed by atoms with Crippen LogP contribution in [-0.2, 0) is 6.54 Å². The van der Waals surface area contributed by atoms with Gasteiger partial charge in [0.05, 0.1) is 10.6 Å². The summed E-state index contributed by atoms with van der Waals surface area (Å²) in [5, 5.41) is 2.48. The molecule has 1 amide bonds. The highest BCUT2D eigenvalue weighted by atomic mass is 35.5. The van der Waals surface area contributed by atoms with E-state index in [2.05, 4.69) is 5.32 Å². The van der Waals surface area contributed by atoms with E-state index in [1.165, 1.54) is 6.07 Å². The van der Waals surface area contributed by atoms with Crippen molar-refractivity contribution in [2.45, 2.75) is 6.54 Å². The normalized spacial score (nSPS) is 14.3. The Morgan fingerprint density at radius 1 is 1.50 bits per heavy atom. The Labute approximate surface area is 73.3 Å². The quantitative estimate of drug-likeness (QED) is 0.655. The summed E-state index contributed by atoms with van der Waals surface area (Å²) in [4.78, 5) is 11.1. The molecule has 0 saturated heterocycles. The van der Waals surface area contributed by atoms with E-state index in [1.807, 2.05) is 0 Å². The molecule has 0 atom stereocenters. The molecular formula is C8H5ClFNO.